The number of rotatable bonds is 8. The summed E-state index contributed by atoms with van der Waals surface area (Å²) in [7, 11) is 0. The van der Waals surface area contributed by atoms with Gasteiger partial charge in [-0.05, 0) is 37.8 Å². The third kappa shape index (κ3) is 5.91. The average Bonchev–Trinajstić information content (AvgIpc) is 2.77. The normalized spacial score (nSPS) is 14.3. The van der Waals surface area contributed by atoms with E-state index in [4.69, 9.17) is 0 Å². The third-order valence-corrected chi connectivity index (χ3v) is 3.46. The van der Waals surface area contributed by atoms with Crippen molar-refractivity contribution in [3.63, 3.8) is 0 Å². The SMILES string of the molecule is CCCCCCCCCC1=CC(=C(C)C)C=C1. The fourth-order valence-corrected chi connectivity index (χ4v) is 2.25. The van der Waals surface area contributed by atoms with Crippen LogP contribution in [0.3, 0.4) is 0 Å². The molecule has 0 aromatic rings. The van der Waals surface area contributed by atoms with Crippen LogP contribution in [-0.4, -0.2) is 0 Å². The average molecular weight is 232 g/mol. The molecule has 0 nitrogen and oxygen atoms in total. The first-order chi connectivity index (χ1) is 8.24. The standard InChI is InChI=1S/C17H28/c1-4-5-6-7-8-9-10-11-16-12-13-17(14-16)15(2)3/h12-14H,4-11H2,1-3H3. The predicted octanol–water partition coefficient (Wildman–Crippen LogP) is 5.96. The van der Waals surface area contributed by atoms with Crippen LogP contribution in [0.1, 0.15) is 72.1 Å². The van der Waals surface area contributed by atoms with Gasteiger partial charge in [-0.15, -0.1) is 0 Å². The molecule has 0 aliphatic heterocycles. The van der Waals surface area contributed by atoms with E-state index in [0.29, 0.717) is 0 Å². The molecule has 17 heavy (non-hydrogen) atoms. The molecule has 1 aliphatic rings. The van der Waals surface area contributed by atoms with Crippen molar-refractivity contribution < 1.29 is 0 Å². The molecule has 1 aliphatic carbocycles. The maximum Gasteiger partial charge on any atom is -0.0267 e. The summed E-state index contributed by atoms with van der Waals surface area (Å²) in [6, 6.07) is 0. The first-order valence-corrected chi connectivity index (χ1v) is 7.30. The van der Waals surface area contributed by atoms with E-state index in [0.717, 1.165) is 0 Å². The van der Waals surface area contributed by atoms with E-state index in [2.05, 4.69) is 39.0 Å². The molecule has 0 bridgehead atoms. The Kier molecular flexibility index (Phi) is 7.00. The second kappa shape index (κ2) is 8.33. The molecule has 0 amide bonds. The Balaban J connectivity index is 2.07. The van der Waals surface area contributed by atoms with E-state index in [-0.39, 0.29) is 0 Å². The summed E-state index contributed by atoms with van der Waals surface area (Å²) in [6.07, 6.45) is 18.0. The van der Waals surface area contributed by atoms with Gasteiger partial charge in [-0.3, -0.25) is 0 Å². The quantitative estimate of drug-likeness (QED) is 0.453. The molecule has 0 heteroatoms. The minimum absolute atomic E-state index is 1.26. The number of hydrogen-bond acceptors (Lipinski definition) is 0. The molecule has 0 heterocycles. The Morgan fingerprint density at radius 1 is 0.882 bits per heavy atom. The van der Waals surface area contributed by atoms with Crippen LogP contribution in [0.25, 0.3) is 0 Å². The molecular weight excluding hydrogens is 204 g/mol. The van der Waals surface area contributed by atoms with E-state index >= 15 is 0 Å². The Labute approximate surface area is 108 Å². The van der Waals surface area contributed by atoms with Gasteiger partial charge in [-0.1, -0.05) is 69.2 Å². The van der Waals surface area contributed by atoms with Crippen LogP contribution in [0, 0.1) is 0 Å². The van der Waals surface area contributed by atoms with Crippen LogP contribution >= 0.6 is 0 Å². The number of unbranched alkanes of at least 4 members (excludes halogenated alkanes) is 6. The fraction of sp³-hybridized carbons (Fsp3) is 0.647. The lowest BCUT2D eigenvalue weighted by Crippen LogP contribution is -1.81. The summed E-state index contributed by atoms with van der Waals surface area (Å²) in [5.41, 5.74) is 4.37. The van der Waals surface area contributed by atoms with Gasteiger partial charge in [0.05, 0.1) is 0 Å². The summed E-state index contributed by atoms with van der Waals surface area (Å²) in [5.74, 6) is 0. The van der Waals surface area contributed by atoms with Gasteiger partial charge in [0, 0.05) is 0 Å². The van der Waals surface area contributed by atoms with E-state index in [1.165, 1.54) is 68.1 Å². The maximum absolute atomic E-state index is 2.35. The van der Waals surface area contributed by atoms with Gasteiger partial charge in [-0.2, -0.15) is 0 Å². The highest BCUT2D eigenvalue weighted by atomic mass is 14.1. The second-order valence-electron chi connectivity index (χ2n) is 5.38. The van der Waals surface area contributed by atoms with Gasteiger partial charge in [0.1, 0.15) is 0 Å². The monoisotopic (exact) mass is 232 g/mol. The molecule has 0 unspecified atom stereocenters. The zero-order valence-corrected chi connectivity index (χ0v) is 11.9. The van der Waals surface area contributed by atoms with Crippen LogP contribution in [0.4, 0.5) is 0 Å². The molecule has 0 saturated heterocycles. The maximum atomic E-state index is 2.35. The second-order valence-corrected chi connectivity index (χ2v) is 5.38. The van der Waals surface area contributed by atoms with Gasteiger partial charge in [0.15, 0.2) is 0 Å². The van der Waals surface area contributed by atoms with Crippen molar-refractivity contribution >= 4 is 0 Å². The molecule has 0 atom stereocenters. The molecule has 0 saturated carbocycles. The van der Waals surface area contributed by atoms with Crippen LogP contribution in [0.5, 0.6) is 0 Å². The van der Waals surface area contributed by atoms with Crippen LogP contribution in [0.15, 0.2) is 34.9 Å². The highest BCUT2D eigenvalue weighted by molar-refractivity contribution is 5.47. The molecule has 0 spiro atoms. The zero-order valence-electron chi connectivity index (χ0n) is 11.9. The number of allylic oxidation sites excluding steroid dienone is 6. The largest absolute Gasteiger partial charge is 0.0692 e. The molecule has 0 aromatic heterocycles. The topological polar surface area (TPSA) is 0 Å². The van der Waals surface area contributed by atoms with Crippen molar-refractivity contribution in [3.05, 3.63) is 34.9 Å². The lowest BCUT2D eigenvalue weighted by atomic mass is 10.0. The lowest BCUT2D eigenvalue weighted by molar-refractivity contribution is 0.590. The molecule has 0 fully saturated rings. The van der Waals surface area contributed by atoms with Gasteiger partial charge in [0.2, 0.25) is 0 Å². The third-order valence-electron chi connectivity index (χ3n) is 3.46. The minimum Gasteiger partial charge on any atom is -0.0692 e. The lowest BCUT2D eigenvalue weighted by Gasteiger charge is -2.01. The Bertz CT molecular complexity index is 298. The first-order valence-electron chi connectivity index (χ1n) is 7.30. The van der Waals surface area contributed by atoms with Crippen LogP contribution in [-0.2, 0) is 0 Å². The summed E-state index contributed by atoms with van der Waals surface area (Å²) in [4.78, 5) is 0. The molecular formula is C17H28. The Morgan fingerprint density at radius 2 is 1.53 bits per heavy atom. The molecule has 96 valence electrons. The summed E-state index contributed by atoms with van der Waals surface area (Å²) in [5, 5.41) is 0. The van der Waals surface area contributed by atoms with Crippen LogP contribution in [0.2, 0.25) is 0 Å². The number of hydrogen-bond donors (Lipinski definition) is 0. The highest BCUT2D eigenvalue weighted by Crippen LogP contribution is 2.22. The summed E-state index contributed by atoms with van der Waals surface area (Å²) in [6.45, 7) is 6.65. The van der Waals surface area contributed by atoms with E-state index in [9.17, 15) is 0 Å². The first kappa shape index (κ1) is 14.3. The van der Waals surface area contributed by atoms with Crippen molar-refractivity contribution in [2.45, 2.75) is 72.1 Å². The van der Waals surface area contributed by atoms with Gasteiger partial charge >= 0.3 is 0 Å². The van der Waals surface area contributed by atoms with Crippen LogP contribution < -0.4 is 0 Å². The molecule has 0 radical (unpaired) electrons. The van der Waals surface area contributed by atoms with Crippen molar-refractivity contribution in [1.29, 1.82) is 0 Å². The minimum atomic E-state index is 1.26. The predicted molar refractivity (Wildman–Crippen MR) is 78.2 cm³/mol. The summed E-state index contributed by atoms with van der Waals surface area (Å²) < 4.78 is 0. The van der Waals surface area contributed by atoms with Gasteiger partial charge < -0.3 is 0 Å². The fourth-order valence-electron chi connectivity index (χ4n) is 2.25. The molecule has 0 N–H and O–H groups in total. The van der Waals surface area contributed by atoms with E-state index in [1.54, 1.807) is 0 Å². The van der Waals surface area contributed by atoms with Crippen molar-refractivity contribution in [2.75, 3.05) is 0 Å². The van der Waals surface area contributed by atoms with Crippen molar-refractivity contribution in [1.82, 2.24) is 0 Å². The highest BCUT2D eigenvalue weighted by Gasteiger charge is 2.03. The van der Waals surface area contributed by atoms with Gasteiger partial charge in [0.25, 0.3) is 0 Å². The Morgan fingerprint density at radius 3 is 2.12 bits per heavy atom. The van der Waals surface area contributed by atoms with E-state index in [1.807, 2.05) is 0 Å². The molecule has 1 rings (SSSR count). The van der Waals surface area contributed by atoms with Crippen molar-refractivity contribution in [3.8, 4) is 0 Å². The molecule has 0 aromatic carbocycles. The van der Waals surface area contributed by atoms with E-state index < -0.39 is 0 Å². The zero-order chi connectivity index (χ0) is 12.5. The summed E-state index contributed by atoms with van der Waals surface area (Å²) >= 11 is 0. The van der Waals surface area contributed by atoms with Gasteiger partial charge in [-0.25, -0.2) is 0 Å². The van der Waals surface area contributed by atoms with Crippen molar-refractivity contribution in [2.24, 2.45) is 0 Å². The Hall–Kier alpha value is -0.780. The smallest absolute Gasteiger partial charge is 0.0267 e.